The van der Waals surface area contributed by atoms with Gasteiger partial charge in [0.1, 0.15) is 5.82 Å². The summed E-state index contributed by atoms with van der Waals surface area (Å²) < 4.78 is 13.8. The third-order valence-electron chi connectivity index (χ3n) is 4.50. The summed E-state index contributed by atoms with van der Waals surface area (Å²) in [5.74, 6) is -3.09. The normalized spacial score (nSPS) is 17.1. The number of aliphatic hydroxyl groups is 1. The molecular formula is C19H14FN3O4. The van der Waals surface area contributed by atoms with Gasteiger partial charge < -0.3 is 15.2 Å². The van der Waals surface area contributed by atoms with E-state index in [4.69, 9.17) is 0 Å². The first-order valence-corrected chi connectivity index (χ1v) is 8.11. The van der Waals surface area contributed by atoms with E-state index in [0.29, 0.717) is 16.8 Å². The van der Waals surface area contributed by atoms with E-state index in [0.717, 1.165) is 5.52 Å². The zero-order chi connectivity index (χ0) is 19.1. The van der Waals surface area contributed by atoms with Crippen molar-refractivity contribution in [3.8, 4) is 0 Å². The largest absolute Gasteiger partial charge is 0.503 e. The predicted molar refractivity (Wildman–Crippen MR) is 94.6 cm³/mol. The molecule has 0 saturated carbocycles. The summed E-state index contributed by atoms with van der Waals surface area (Å²) in [5, 5.41) is 19.5. The van der Waals surface area contributed by atoms with Crippen LogP contribution in [-0.4, -0.2) is 32.1 Å². The number of carbonyl (C=O) groups excluding carboxylic acids is 1. The molecule has 0 spiro atoms. The molecule has 1 aliphatic rings. The van der Waals surface area contributed by atoms with Crippen LogP contribution < -0.4 is 4.90 Å². The number of H-pyrrole nitrogens is 1. The van der Waals surface area contributed by atoms with Crippen LogP contribution in [0.25, 0.3) is 11.0 Å². The summed E-state index contributed by atoms with van der Waals surface area (Å²) in [7, 11) is 0. The van der Waals surface area contributed by atoms with Crippen LogP contribution in [0, 0.1) is 5.82 Å². The SMILES string of the molecule is O=C(O)CC1=C(O)C(=O)N(c2ccc3[nH]cnc3c2)C1c1cccc(F)c1. The number of hydrogen-bond donors (Lipinski definition) is 3. The number of aromatic nitrogens is 2. The Morgan fingerprint density at radius 2 is 2.07 bits per heavy atom. The number of carbonyl (C=O) groups is 2. The predicted octanol–water partition coefficient (Wildman–Crippen LogP) is 3.08. The van der Waals surface area contributed by atoms with Gasteiger partial charge in [0.25, 0.3) is 5.91 Å². The van der Waals surface area contributed by atoms with Gasteiger partial charge in [0.2, 0.25) is 0 Å². The summed E-state index contributed by atoms with van der Waals surface area (Å²) in [6.45, 7) is 0. The molecule has 3 aromatic rings. The van der Waals surface area contributed by atoms with Gasteiger partial charge in [0.05, 0.1) is 29.8 Å². The Bertz CT molecular complexity index is 1110. The molecule has 1 amide bonds. The fourth-order valence-corrected chi connectivity index (χ4v) is 3.36. The fraction of sp³-hybridized carbons (Fsp3) is 0.105. The number of hydrogen-bond acceptors (Lipinski definition) is 4. The Kier molecular flexibility index (Phi) is 3.88. The van der Waals surface area contributed by atoms with Crippen molar-refractivity contribution in [1.29, 1.82) is 0 Å². The molecule has 0 fully saturated rings. The molecule has 7 nitrogen and oxygen atoms in total. The number of amides is 1. The zero-order valence-corrected chi connectivity index (χ0v) is 13.9. The molecule has 0 saturated heterocycles. The van der Waals surface area contributed by atoms with Crippen molar-refractivity contribution >= 4 is 28.6 Å². The molecule has 0 bridgehead atoms. The summed E-state index contributed by atoms with van der Waals surface area (Å²) in [6.07, 6.45) is 0.968. The highest BCUT2D eigenvalue weighted by atomic mass is 19.1. The van der Waals surface area contributed by atoms with Crippen LogP contribution >= 0.6 is 0 Å². The Morgan fingerprint density at radius 3 is 2.81 bits per heavy atom. The number of nitrogens with one attached hydrogen (secondary N) is 1. The number of aliphatic carboxylic acids is 1. The Morgan fingerprint density at radius 1 is 1.26 bits per heavy atom. The van der Waals surface area contributed by atoms with Crippen molar-refractivity contribution in [2.24, 2.45) is 0 Å². The summed E-state index contributed by atoms with van der Waals surface area (Å²) in [5.41, 5.74) is 2.16. The number of nitrogens with zero attached hydrogens (tertiary/aromatic N) is 2. The molecule has 136 valence electrons. The van der Waals surface area contributed by atoms with Gasteiger partial charge in [-0.15, -0.1) is 0 Å². The van der Waals surface area contributed by atoms with Crippen molar-refractivity contribution in [1.82, 2.24) is 9.97 Å². The van der Waals surface area contributed by atoms with E-state index < -0.39 is 35.9 Å². The smallest absolute Gasteiger partial charge is 0.307 e. The molecule has 1 aromatic heterocycles. The third kappa shape index (κ3) is 2.80. The standard InChI is InChI=1S/C19H14FN3O4/c20-11-3-1-2-10(6-11)17-13(8-16(24)25)18(26)19(27)23(17)12-4-5-14-15(7-12)22-9-21-14/h1-7,9,17,26H,8H2,(H,21,22)(H,24,25). The lowest BCUT2D eigenvalue weighted by atomic mass is 9.96. The highest BCUT2D eigenvalue weighted by Crippen LogP contribution is 2.42. The van der Waals surface area contributed by atoms with Gasteiger partial charge in [-0.05, 0) is 35.9 Å². The monoisotopic (exact) mass is 367 g/mol. The van der Waals surface area contributed by atoms with Crippen molar-refractivity contribution in [2.45, 2.75) is 12.5 Å². The van der Waals surface area contributed by atoms with Crippen LogP contribution in [0.15, 0.2) is 60.1 Å². The maximum atomic E-state index is 13.8. The molecule has 0 radical (unpaired) electrons. The molecule has 1 aliphatic heterocycles. The second kappa shape index (κ2) is 6.24. The Hall–Kier alpha value is -3.68. The van der Waals surface area contributed by atoms with E-state index in [1.165, 1.54) is 29.4 Å². The summed E-state index contributed by atoms with van der Waals surface area (Å²) in [4.78, 5) is 32.4. The number of rotatable bonds is 4. The van der Waals surface area contributed by atoms with Gasteiger partial charge >= 0.3 is 5.97 Å². The lowest BCUT2D eigenvalue weighted by molar-refractivity contribution is -0.136. The first-order valence-electron chi connectivity index (χ1n) is 8.11. The van der Waals surface area contributed by atoms with Gasteiger partial charge in [-0.2, -0.15) is 0 Å². The molecule has 8 heteroatoms. The van der Waals surface area contributed by atoms with Crippen LogP contribution in [-0.2, 0) is 9.59 Å². The number of benzene rings is 2. The van der Waals surface area contributed by atoms with Crippen molar-refractivity contribution in [3.63, 3.8) is 0 Å². The molecule has 2 aromatic carbocycles. The molecule has 1 atom stereocenters. The average molecular weight is 367 g/mol. The van der Waals surface area contributed by atoms with Crippen LogP contribution in [0.2, 0.25) is 0 Å². The highest BCUT2D eigenvalue weighted by Gasteiger charge is 2.42. The second-order valence-electron chi connectivity index (χ2n) is 6.18. The molecule has 0 aliphatic carbocycles. The van der Waals surface area contributed by atoms with E-state index in [2.05, 4.69) is 9.97 Å². The van der Waals surface area contributed by atoms with Gasteiger partial charge in [0, 0.05) is 11.3 Å². The fourth-order valence-electron chi connectivity index (χ4n) is 3.36. The van der Waals surface area contributed by atoms with E-state index in [9.17, 15) is 24.2 Å². The van der Waals surface area contributed by atoms with Gasteiger partial charge in [-0.1, -0.05) is 12.1 Å². The van der Waals surface area contributed by atoms with E-state index in [1.807, 2.05) is 0 Å². The van der Waals surface area contributed by atoms with Crippen LogP contribution in [0.1, 0.15) is 18.0 Å². The maximum absolute atomic E-state index is 13.8. The first-order chi connectivity index (χ1) is 13.0. The Balaban J connectivity index is 1.88. The minimum absolute atomic E-state index is 0.0141. The van der Waals surface area contributed by atoms with Gasteiger partial charge in [0.15, 0.2) is 5.76 Å². The second-order valence-corrected chi connectivity index (χ2v) is 6.18. The topological polar surface area (TPSA) is 107 Å². The van der Waals surface area contributed by atoms with Gasteiger partial charge in [-0.3, -0.25) is 14.5 Å². The molecule has 1 unspecified atom stereocenters. The lowest BCUT2D eigenvalue weighted by Gasteiger charge is -2.27. The Labute approximate surface area is 152 Å². The van der Waals surface area contributed by atoms with E-state index in [1.54, 1.807) is 24.3 Å². The van der Waals surface area contributed by atoms with E-state index in [-0.39, 0.29) is 5.57 Å². The number of aromatic amines is 1. The minimum atomic E-state index is -1.20. The highest BCUT2D eigenvalue weighted by molar-refractivity contribution is 6.09. The quantitative estimate of drug-likeness (QED) is 0.657. The number of carboxylic acids is 1. The lowest BCUT2D eigenvalue weighted by Crippen LogP contribution is -2.30. The number of anilines is 1. The summed E-state index contributed by atoms with van der Waals surface area (Å²) >= 11 is 0. The molecule has 2 heterocycles. The van der Waals surface area contributed by atoms with Gasteiger partial charge in [-0.25, -0.2) is 9.37 Å². The number of imidazole rings is 1. The number of fused-ring (bicyclic) bond motifs is 1. The van der Waals surface area contributed by atoms with Crippen molar-refractivity contribution in [3.05, 3.63) is 71.5 Å². The zero-order valence-electron chi connectivity index (χ0n) is 13.9. The molecule has 3 N–H and O–H groups in total. The number of carboxylic acid groups (broad SMARTS) is 1. The van der Waals surface area contributed by atoms with Crippen LogP contribution in [0.5, 0.6) is 0 Å². The average Bonchev–Trinajstić information content (AvgIpc) is 3.19. The van der Waals surface area contributed by atoms with Crippen LogP contribution in [0.4, 0.5) is 10.1 Å². The molecule has 27 heavy (non-hydrogen) atoms. The van der Waals surface area contributed by atoms with Crippen LogP contribution in [0.3, 0.4) is 0 Å². The summed E-state index contributed by atoms with van der Waals surface area (Å²) in [6, 6.07) is 9.62. The van der Waals surface area contributed by atoms with E-state index >= 15 is 0 Å². The maximum Gasteiger partial charge on any atom is 0.307 e. The number of aliphatic hydroxyl groups excluding tert-OH is 1. The molecule has 4 rings (SSSR count). The van der Waals surface area contributed by atoms with Crippen molar-refractivity contribution in [2.75, 3.05) is 4.90 Å². The molecular weight excluding hydrogens is 353 g/mol. The first kappa shape index (κ1) is 16.8. The number of halogens is 1. The third-order valence-corrected chi connectivity index (χ3v) is 4.50. The van der Waals surface area contributed by atoms with Crippen molar-refractivity contribution < 1.29 is 24.2 Å². The minimum Gasteiger partial charge on any atom is -0.503 e.